The monoisotopic (exact) mass is 925 g/mol. The van der Waals surface area contributed by atoms with E-state index < -0.39 is 8.07 Å². The quantitative estimate of drug-likeness (QED) is 0.113. The van der Waals surface area contributed by atoms with Gasteiger partial charge in [-0.2, -0.15) is 0 Å². The first-order chi connectivity index (χ1) is 26.8. The van der Waals surface area contributed by atoms with Crippen LogP contribution in [0.2, 0.25) is 19.6 Å². The number of nitrogens with zero attached hydrogens (tertiary/aromatic N) is 2. The molecule has 1 unspecified atom stereocenters. The van der Waals surface area contributed by atoms with Crippen molar-refractivity contribution in [3.63, 3.8) is 0 Å². The fourth-order valence-corrected chi connectivity index (χ4v) is 9.69. The Morgan fingerprint density at radius 1 is 0.696 bits per heavy atom. The zero-order chi connectivity index (χ0) is 37.8. The van der Waals surface area contributed by atoms with Gasteiger partial charge in [0.15, 0.2) is 0 Å². The van der Waals surface area contributed by atoms with Crippen LogP contribution >= 0.6 is 0 Å². The first kappa shape index (κ1) is 39.3. The summed E-state index contributed by atoms with van der Waals surface area (Å²) in [4.78, 5) is 9.43. The minimum Gasteiger partial charge on any atom is -0.501 e. The van der Waals surface area contributed by atoms with Crippen molar-refractivity contribution in [2.45, 2.75) is 64.6 Å². The molecule has 56 heavy (non-hydrogen) atoms. The third kappa shape index (κ3) is 8.71. The van der Waals surface area contributed by atoms with E-state index in [2.05, 4.69) is 159 Å². The minimum absolute atomic E-state index is 0. The summed E-state index contributed by atoms with van der Waals surface area (Å²) in [5.41, 5.74) is 12.0. The number of aromatic nitrogens is 2. The van der Waals surface area contributed by atoms with E-state index in [1.54, 1.807) is 10.8 Å². The van der Waals surface area contributed by atoms with Gasteiger partial charge in [0.05, 0.1) is 13.7 Å². The first-order valence-electron chi connectivity index (χ1n) is 19.7. The van der Waals surface area contributed by atoms with Crippen molar-refractivity contribution in [2.24, 2.45) is 5.92 Å². The molecule has 0 saturated heterocycles. The van der Waals surface area contributed by atoms with Crippen LogP contribution in [0.15, 0.2) is 150 Å². The van der Waals surface area contributed by atoms with Crippen LogP contribution in [0.25, 0.3) is 55.6 Å². The molecular weight excluding hydrogens is 877 g/mol. The Bertz CT molecular complexity index is 2520. The number of benzene rings is 5. The fraction of sp³-hybridized carbons (Fsp3) is 0.216. The molecule has 1 fully saturated rings. The Morgan fingerprint density at radius 3 is 2.18 bits per heavy atom. The molecule has 0 aliphatic heterocycles. The van der Waals surface area contributed by atoms with E-state index in [0.29, 0.717) is 0 Å². The van der Waals surface area contributed by atoms with Crippen LogP contribution in [-0.2, 0) is 26.5 Å². The molecule has 1 saturated carbocycles. The fourth-order valence-electron chi connectivity index (χ4n) is 8.10. The third-order valence-electron chi connectivity index (χ3n) is 11.1. The normalized spacial score (nSPS) is 13.6. The van der Waals surface area contributed by atoms with Crippen molar-refractivity contribution < 1.29 is 24.5 Å². The molecule has 3 aromatic heterocycles. The van der Waals surface area contributed by atoms with Gasteiger partial charge in [0, 0.05) is 43.8 Å². The Morgan fingerprint density at radius 2 is 1.45 bits per heavy atom. The van der Waals surface area contributed by atoms with Crippen LogP contribution in [0.5, 0.6) is 0 Å². The van der Waals surface area contributed by atoms with E-state index in [4.69, 9.17) is 9.40 Å². The molecule has 1 radical (unpaired) electrons. The molecule has 9 rings (SSSR count). The van der Waals surface area contributed by atoms with Crippen LogP contribution in [0.3, 0.4) is 0 Å². The van der Waals surface area contributed by atoms with E-state index in [-0.39, 0.29) is 26.0 Å². The molecule has 3 nitrogen and oxygen atoms in total. The topological polar surface area (TPSA) is 38.9 Å². The molecule has 1 aliphatic rings. The number of pyridine rings is 2. The van der Waals surface area contributed by atoms with Gasteiger partial charge >= 0.3 is 0 Å². The Kier molecular flexibility index (Phi) is 12.3. The van der Waals surface area contributed by atoms with E-state index in [1.807, 2.05) is 30.5 Å². The SMILES string of the molecule is CC(c1ccccc1)c1ccnc(-c2[c-]ccc3c2oc2cc(-c4ccccc4)ccc23)c1.C[Si](C)(C)c1cnc(-c2[c-]cccc2)cc1CC1CCCC1.[Ir]. The number of fused-ring (bicyclic) bond motifs is 3. The van der Waals surface area contributed by atoms with E-state index in [0.717, 1.165) is 55.9 Å². The molecular formula is C51H48IrN2OSi-2. The van der Waals surface area contributed by atoms with Crippen LogP contribution in [-0.4, -0.2) is 18.0 Å². The summed E-state index contributed by atoms with van der Waals surface area (Å²) in [6.45, 7) is 9.51. The predicted octanol–water partition coefficient (Wildman–Crippen LogP) is 13.1. The summed E-state index contributed by atoms with van der Waals surface area (Å²) >= 11 is 0. The molecule has 283 valence electrons. The number of hydrogen-bond acceptors (Lipinski definition) is 3. The third-order valence-corrected chi connectivity index (χ3v) is 13.2. The van der Waals surface area contributed by atoms with E-state index >= 15 is 0 Å². The Hall–Kier alpha value is -4.93. The van der Waals surface area contributed by atoms with Gasteiger partial charge < -0.3 is 14.4 Å². The first-order valence-corrected chi connectivity index (χ1v) is 23.2. The second-order valence-corrected chi connectivity index (χ2v) is 21.0. The summed E-state index contributed by atoms with van der Waals surface area (Å²) in [6, 6.07) is 52.8. The zero-order valence-corrected chi connectivity index (χ0v) is 36.1. The van der Waals surface area contributed by atoms with Crippen LogP contribution in [0, 0.1) is 18.1 Å². The maximum absolute atomic E-state index is 6.41. The van der Waals surface area contributed by atoms with Crippen molar-refractivity contribution in [3.05, 3.63) is 175 Å². The van der Waals surface area contributed by atoms with Crippen molar-refractivity contribution >= 4 is 35.2 Å². The molecule has 3 heterocycles. The number of rotatable bonds is 8. The minimum atomic E-state index is -1.35. The number of hydrogen-bond donors (Lipinski definition) is 0. The molecule has 1 aliphatic carbocycles. The smallest absolute Gasteiger partial charge is 0.121 e. The second-order valence-electron chi connectivity index (χ2n) is 16.0. The zero-order valence-electron chi connectivity index (χ0n) is 32.7. The van der Waals surface area contributed by atoms with Crippen molar-refractivity contribution in [1.82, 2.24) is 9.97 Å². The molecule has 1 atom stereocenters. The van der Waals surface area contributed by atoms with E-state index in [1.165, 1.54) is 48.8 Å². The summed E-state index contributed by atoms with van der Waals surface area (Å²) < 4.78 is 6.41. The Balaban J connectivity index is 0.000000183. The summed E-state index contributed by atoms with van der Waals surface area (Å²) in [6.07, 6.45) is 10.9. The van der Waals surface area contributed by atoms with Gasteiger partial charge in [-0.15, -0.1) is 54.1 Å². The van der Waals surface area contributed by atoms with Gasteiger partial charge in [0.1, 0.15) is 5.58 Å². The molecule has 0 bridgehead atoms. The van der Waals surface area contributed by atoms with Gasteiger partial charge in [0.25, 0.3) is 0 Å². The predicted molar refractivity (Wildman–Crippen MR) is 232 cm³/mol. The van der Waals surface area contributed by atoms with Gasteiger partial charge in [0.2, 0.25) is 0 Å². The van der Waals surface area contributed by atoms with Crippen molar-refractivity contribution in [3.8, 4) is 33.6 Å². The Labute approximate surface area is 346 Å². The molecule has 0 spiro atoms. The maximum atomic E-state index is 6.41. The summed E-state index contributed by atoms with van der Waals surface area (Å²) in [5.74, 6) is 1.15. The molecule has 5 heteroatoms. The summed E-state index contributed by atoms with van der Waals surface area (Å²) in [5, 5.41) is 3.73. The molecule has 8 aromatic rings. The van der Waals surface area contributed by atoms with Crippen molar-refractivity contribution in [2.75, 3.05) is 0 Å². The largest absolute Gasteiger partial charge is 0.501 e. The van der Waals surface area contributed by atoms with E-state index in [9.17, 15) is 0 Å². The van der Waals surface area contributed by atoms with Gasteiger partial charge in [-0.1, -0.05) is 154 Å². The molecule has 5 aromatic carbocycles. The van der Waals surface area contributed by atoms with Crippen molar-refractivity contribution in [1.29, 1.82) is 0 Å². The van der Waals surface area contributed by atoms with Gasteiger partial charge in [-0.25, -0.2) is 0 Å². The van der Waals surface area contributed by atoms with Gasteiger partial charge in [-0.05, 0) is 63.3 Å². The second kappa shape index (κ2) is 17.5. The number of furan rings is 1. The summed E-state index contributed by atoms with van der Waals surface area (Å²) in [7, 11) is -1.35. The average molecular weight is 925 g/mol. The maximum Gasteiger partial charge on any atom is 0.121 e. The van der Waals surface area contributed by atoms with Crippen LogP contribution < -0.4 is 5.19 Å². The molecule has 0 amide bonds. The van der Waals surface area contributed by atoms with Gasteiger partial charge in [-0.3, -0.25) is 0 Å². The molecule has 0 N–H and O–H groups in total. The average Bonchev–Trinajstić information content (AvgIpc) is 3.89. The standard InChI is InChI=1S/C31H22NO.C20H26NSi.Ir/c1-21(22-9-4-2-5-10-22)24-17-18-32-29(19-24)28-14-8-13-27-26-16-15-25(20-30(26)33-31(27)28)23-11-6-3-7-12-23;1-22(2,3)20-15-21-19(17-11-5-4-6-12-17)14-18(20)13-16-9-7-8-10-16;/h2-13,15-21H,1H3;4-6,11,14-16H,7-10,13H2,1-3H3;/q2*-1;. The van der Waals surface area contributed by atoms with Crippen LogP contribution in [0.1, 0.15) is 55.2 Å². The van der Waals surface area contributed by atoms with Crippen LogP contribution in [0.4, 0.5) is 0 Å².